The smallest absolute Gasteiger partial charge is 0.244 e. The molecule has 0 saturated carbocycles. The average Bonchev–Trinajstić information content (AvgIpc) is 3.17. The van der Waals surface area contributed by atoms with Crippen molar-refractivity contribution in [1.29, 1.82) is 0 Å². The summed E-state index contributed by atoms with van der Waals surface area (Å²) >= 11 is 0. The van der Waals surface area contributed by atoms with E-state index in [9.17, 15) is 4.79 Å². The molecule has 146 valence electrons. The summed E-state index contributed by atoms with van der Waals surface area (Å²) in [7, 11) is 1.58. The van der Waals surface area contributed by atoms with Crippen molar-refractivity contribution in [3.05, 3.63) is 54.1 Å². The lowest BCUT2D eigenvalue weighted by molar-refractivity contribution is -0.122. The molecule has 0 aliphatic rings. The minimum absolute atomic E-state index is 0.0152. The summed E-state index contributed by atoms with van der Waals surface area (Å²) in [6.45, 7) is 4.33. The zero-order valence-corrected chi connectivity index (χ0v) is 16.1. The molecular weight excluding hydrogens is 358 g/mol. The van der Waals surface area contributed by atoms with E-state index in [1.165, 1.54) is 4.80 Å². The van der Waals surface area contributed by atoms with E-state index in [1.807, 2.05) is 50.2 Å². The second-order valence-corrected chi connectivity index (χ2v) is 6.14. The summed E-state index contributed by atoms with van der Waals surface area (Å²) in [6.07, 6.45) is 0. The quantitative estimate of drug-likeness (QED) is 0.645. The molecule has 1 N–H and O–H groups in total. The molecule has 0 aliphatic carbocycles. The van der Waals surface area contributed by atoms with Crippen LogP contribution in [0.3, 0.4) is 0 Å². The second kappa shape index (κ2) is 8.98. The number of tetrazole rings is 1. The molecule has 3 rings (SSSR count). The van der Waals surface area contributed by atoms with Crippen LogP contribution < -0.4 is 14.8 Å². The van der Waals surface area contributed by atoms with Gasteiger partial charge in [0.05, 0.1) is 19.8 Å². The van der Waals surface area contributed by atoms with Crippen LogP contribution in [0.4, 0.5) is 0 Å². The van der Waals surface area contributed by atoms with Gasteiger partial charge in [0.2, 0.25) is 11.7 Å². The standard InChI is InChI=1S/C20H23N5O3/c1-4-28-18-12-16(10-11-17(18)27-3)20-22-24-25(23-20)13-19(26)21-14(2)15-8-6-5-7-9-15/h5-12,14H,4,13H2,1-3H3,(H,21,26)/t14-/m0/s1. The van der Waals surface area contributed by atoms with Gasteiger partial charge in [-0.2, -0.15) is 4.80 Å². The van der Waals surface area contributed by atoms with E-state index in [0.29, 0.717) is 23.9 Å². The van der Waals surface area contributed by atoms with Crippen molar-refractivity contribution in [2.75, 3.05) is 13.7 Å². The highest BCUT2D eigenvalue weighted by Gasteiger charge is 2.14. The number of carbonyl (C=O) groups excluding carboxylic acids is 1. The third-order valence-corrected chi connectivity index (χ3v) is 4.14. The molecule has 1 atom stereocenters. The number of rotatable bonds is 8. The molecule has 28 heavy (non-hydrogen) atoms. The molecular formula is C20H23N5O3. The fraction of sp³-hybridized carbons (Fsp3) is 0.300. The number of aromatic nitrogens is 4. The van der Waals surface area contributed by atoms with E-state index in [0.717, 1.165) is 11.1 Å². The van der Waals surface area contributed by atoms with Gasteiger partial charge >= 0.3 is 0 Å². The number of hydrogen-bond donors (Lipinski definition) is 1. The summed E-state index contributed by atoms with van der Waals surface area (Å²) in [4.78, 5) is 13.6. The SMILES string of the molecule is CCOc1cc(-c2nnn(CC(=O)N[C@@H](C)c3ccccc3)n2)ccc1OC. The van der Waals surface area contributed by atoms with Gasteiger partial charge in [-0.05, 0) is 42.8 Å². The van der Waals surface area contributed by atoms with Gasteiger partial charge in [0.15, 0.2) is 11.5 Å². The number of ether oxygens (including phenoxy) is 2. The first-order chi connectivity index (χ1) is 13.6. The fourth-order valence-corrected chi connectivity index (χ4v) is 2.75. The van der Waals surface area contributed by atoms with E-state index in [-0.39, 0.29) is 18.5 Å². The first kappa shape index (κ1) is 19.3. The minimum atomic E-state index is -0.190. The molecule has 0 aliphatic heterocycles. The van der Waals surface area contributed by atoms with Gasteiger partial charge in [0.1, 0.15) is 6.54 Å². The van der Waals surface area contributed by atoms with Crippen LogP contribution in [0.1, 0.15) is 25.5 Å². The number of nitrogens with one attached hydrogen (secondary N) is 1. The molecule has 0 spiro atoms. The molecule has 1 amide bonds. The lowest BCUT2D eigenvalue weighted by atomic mass is 10.1. The Balaban J connectivity index is 1.67. The van der Waals surface area contributed by atoms with Gasteiger partial charge in [-0.1, -0.05) is 30.3 Å². The Morgan fingerprint density at radius 3 is 2.68 bits per heavy atom. The zero-order valence-electron chi connectivity index (χ0n) is 16.1. The molecule has 0 fully saturated rings. The number of amides is 1. The fourth-order valence-electron chi connectivity index (χ4n) is 2.75. The lowest BCUT2D eigenvalue weighted by Gasteiger charge is -2.13. The largest absolute Gasteiger partial charge is 0.493 e. The molecule has 8 nitrogen and oxygen atoms in total. The summed E-state index contributed by atoms with van der Waals surface area (Å²) < 4.78 is 10.9. The van der Waals surface area contributed by atoms with Crippen LogP contribution >= 0.6 is 0 Å². The zero-order chi connectivity index (χ0) is 19.9. The van der Waals surface area contributed by atoms with E-state index >= 15 is 0 Å². The van der Waals surface area contributed by atoms with E-state index in [4.69, 9.17) is 9.47 Å². The van der Waals surface area contributed by atoms with Crippen LogP contribution in [0.2, 0.25) is 0 Å². The molecule has 2 aromatic carbocycles. The van der Waals surface area contributed by atoms with Crippen molar-refractivity contribution in [3.8, 4) is 22.9 Å². The van der Waals surface area contributed by atoms with Crippen LogP contribution in [-0.2, 0) is 11.3 Å². The summed E-state index contributed by atoms with van der Waals surface area (Å²) in [5.41, 5.74) is 1.76. The molecule has 0 unspecified atom stereocenters. The topological polar surface area (TPSA) is 91.2 Å². The molecule has 0 bridgehead atoms. The number of benzene rings is 2. The predicted octanol–water partition coefficient (Wildman–Crippen LogP) is 2.62. The van der Waals surface area contributed by atoms with Crippen LogP contribution in [0.5, 0.6) is 11.5 Å². The van der Waals surface area contributed by atoms with Crippen LogP contribution in [-0.4, -0.2) is 39.8 Å². The van der Waals surface area contributed by atoms with Gasteiger partial charge in [-0.15, -0.1) is 10.2 Å². The third kappa shape index (κ3) is 4.64. The Morgan fingerprint density at radius 2 is 1.96 bits per heavy atom. The Labute approximate surface area is 163 Å². The third-order valence-electron chi connectivity index (χ3n) is 4.14. The summed E-state index contributed by atoms with van der Waals surface area (Å²) in [5.74, 6) is 1.46. The highest BCUT2D eigenvalue weighted by molar-refractivity contribution is 5.76. The maximum absolute atomic E-state index is 12.3. The number of nitrogens with zero attached hydrogens (tertiary/aromatic N) is 4. The molecule has 8 heteroatoms. The van der Waals surface area contributed by atoms with Gasteiger partial charge in [0.25, 0.3) is 0 Å². The van der Waals surface area contributed by atoms with Crippen molar-refractivity contribution in [2.24, 2.45) is 0 Å². The molecule has 1 heterocycles. The first-order valence-electron chi connectivity index (χ1n) is 9.04. The Morgan fingerprint density at radius 1 is 1.18 bits per heavy atom. The van der Waals surface area contributed by atoms with Gasteiger partial charge in [0, 0.05) is 5.56 Å². The monoisotopic (exact) mass is 381 g/mol. The Hall–Kier alpha value is -3.42. The normalized spacial score (nSPS) is 11.7. The van der Waals surface area contributed by atoms with E-state index in [2.05, 4.69) is 20.7 Å². The van der Waals surface area contributed by atoms with Crippen molar-refractivity contribution in [1.82, 2.24) is 25.5 Å². The number of methoxy groups -OCH3 is 1. The van der Waals surface area contributed by atoms with Crippen LogP contribution in [0, 0.1) is 0 Å². The Kier molecular flexibility index (Phi) is 6.21. The van der Waals surface area contributed by atoms with Gasteiger partial charge in [-0.3, -0.25) is 4.79 Å². The molecule has 0 radical (unpaired) electrons. The van der Waals surface area contributed by atoms with Crippen molar-refractivity contribution in [3.63, 3.8) is 0 Å². The maximum atomic E-state index is 12.3. The van der Waals surface area contributed by atoms with Crippen molar-refractivity contribution < 1.29 is 14.3 Å². The van der Waals surface area contributed by atoms with Crippen LogP contribution in [0.15, 0.2) is 48.5 Å². The predicted molar refractivity (Wildman–Crippen MR) is 104 cm³/mol. The lowest BCUT2D eigenvalue weighted by Crippen LogP contribution is -2.30. The minimum Gasteiger partial charge on any atom is -0.493 e. The second-order valence-electron chi connectivity index (χ2n) is 6.14. The summed E-state index contributed by atoms with van der Waals surface area (Å²) in [6, 6.07) is 15.0. The first-order valence-corrected chi connectivity index (χ1v) is 9.04. The number of carbonyl (C=O) groups is 1. The van der Waals surface area contributed by atoms with Crippen LogP contribution in [0.25, 0.3) is 11.4 Å². The number of hydrogen-bond acceptors (Lipinski definition) is 6. The van der Waals surface area contributed by atoms with E-state index < -0.39 is 0 Å². The molecule has 0 saturated heterocycles. The average molecular weight is 381 g/mol. The molecule has 1 aromatic heterocycles. The van der Waals surface area contributed by atoms with Crippen molar-refractivity contribution >= 4 is 5.91 Å². The summed E-state index contributed by atoms with van der Waals surface area (Å²) in [5, 5.41) is 15.2. The molecule has 3 aromatic rings. The Bertz CT molecular complexity index is 927. The maximum Gasteiger partial charge on any atom is 0.244 e. The van der Waals surface area contributed by atoms with E-state index in [1.54, 1.807) is 19.2 Å². The van der Waals surface area contributed by atoms with Gasteiger partial charge < -0.3 is 14.8 Å². The van der Waals surface area contributed by atoms with Crippen molar-refractivity contribution in [2.45, 2.75) is 26.4 Å². The highest BCUT2D eigenvalue weighted by atomic mass is 16.5. The van der Waals surface area contributed by atoms with Gasteiger partial charge in [-0.25, -0.2) is 0 Å². The highest BCUT2D eigenvalue weighted by Crippen LogP contribution is 2.31.